The molecule has 1 heterocycles. The molecule has 1 rings (SSSR count). The average molecular weight is 447 g/mol. The lowest BCUT2D eigenvalue weighted by Crippen LogP contribution is -2.57. The van der Waals surface area contributed by atoms with Gasteiger partial charge in [-0.3, -0.25) is 4.79 Å². The molecule has 5 nitrogen and oxygen atoms in total. The number of hydrogen-bond donors (Lipinski definition) is 1. The molecule has 9 heteroatoms. The van der Waals surface area contributed by atoms with Crippen molar-refractivity contribution in [3.63, 3.8) is 0 Å². The van der Waals surface area contributed by atoms with Crippen molar-refractivity contribution in [2.75, 3.05) is 6.61 Å². The summed E-state index contributed by atoms with van der Waals surface area (Å²) >= 11 is 17.1. The van der Waals surface area contributed by atoms with E-state index in [1.807, 2.05) is 13.8 Å². The molecular weight excluding hydrogens is 417 g/mol. The van der Waals surface area contributed by atoms with Crippen LogP contribution in [-0.2, 0) is 18.7 Å². The van der Waals surface area contributed by atoms with E-state index in [0.29, 0.717) is 6.61 Å². The number of hydrogen-bond acceptors (Lipinski definition) is 4. The van der Waals surface area contributed by atoms with Gasteiger partial charge in [0.1, 0.15) is 6.10 Å². The largest absolute Gasteiger partial charge is 0.409 e. The summed E-state index contributed by atoms with van der Waals surface area (Å²) in [5.74, 6) is -1.47. The molecule has 0 spiro atoms. The van der Waals surface area contributed by atoms with Crippen molar-refractivity contribution in [1.29, 1.82) is 0 Å². The van der Waals surface area contributed by atoms with E-state index in [1.165, 1.54) is 0 Å². The van der Waals surface area contributed by atoms with Crippen molar-refractivity contribution in [2.45, 2.75) is 80.6 Å². The van der Waals surface area contributed by atoms with Gasteiger partial charge in [0.05, 0.1) is 18.8 Å². The Labute approximate surface area is 172 Å². The number of amides is 1. The molecule has 0 saturated carbocycles. The first-order chi connectivity index (χ1) is 11.5. The molecule has 1 aliphatic rings. The SMILES string of the molecule is C=C[C@H](NC(=O)C(Cl)(Cl)Cl)[C@H](O[Si](C)(C)C(C)(C)C)[C@@H]1COC(C)(C)O1. The van der Waals surface area contributed by atoms with Crippen molar-refractivity contribution >= 4 is 49.0 Å². The summed E-state index contributed by atoms with van der Waals surface area (Å²) in [7, 11) is -2.19. The van der Waals surface area contributed by atoms with Gasteiger partial charge in [-0.15, -0.1) is 6.58 Å². The van der Waals surface area contributed by atoms with Crippen molar-refractivity contribution < 1.29 is 18.7 Å². The van der Waals surface area contributed by atoms with Gasteiger partial charge in [0.25, 0.3) is 9.70 Å². The van der Waals surface area contributed by atoms with Gasteiger partial charge >= 0.3 is 0 Å². The Kier molecular flexibility index (Phi) is 7.70. The molecule has 0 unspecified atom stereocenters. The summed E-state index contributed by atoms with van der Waals surface area (Å²) in [6, 6.07) is -0.602. The minimum absolute atomic E-state index is 0.0365. The second-order valence-corrected chi connectivity index (χ2v) is 15.5. The third-order valence-corrected chi connectivity index (χ3v) is 9.79. The van der Waals surface area contributed by atoms with Gasteiger partial charge in [0, 0.05) is 0 Å². The summed E-state index contributed by atoms with van der Waals surface area (Å²) in [4.78, 5) is 12.2. The first-order valence-electron chi connectivity index (χ1n) is 8.50. The number of nitrogens with one attached hydrogen (secondary N) is 1. The molecule has 1 amide bonds. The van der Waals surface area contributed by atoms with Gasteiger partial charge in [0.15, 0.2) is 14.1 Å². The van der Waals surface area contributed by atoms with Gasteiger partial charge in [-0.05, 0) is 32.0 Å². The molecular formula is C17H30Cl3NO4Si. The number of rotatable bonds is 6. The number of ether oxygens (including phenoxy) is 2. The second-order valence-electron chi connectivity index (χ2n) is 8.44. The first-order valence-corrected chi connectivity index (χ1v) is 12.5. The monoisotopic (exact) mass is 445 g/mol. The maximum Gasteiger partial charge on any atom is 0.272 e. The minimum Gasteiger partial charge on any atom is -0.409 e. The smallest absolute Gasteiger partial charge is 0.272 e. The molecule has 0 aromatic rings. The van der Waals surface area contributed by atoms with Crippen LogP contribution in [0.15, 0.2) is 12.7 Å². The number of alkyl halides is 3. The van der Waals surface area contributed by atoms with Crippen LogP contribution in [0.5, 0.6) is 0 Å². The molecule has 26 heavy (non-hydrogen) atoms. The fourth-order valence-electron chi connectivity index (χ4n) is 2.28. The van der Waals surface area contributed by atoms with Crippen LogP contribution in [0, 0.1) is 0 Å². The fraction of sp³-hybridized carbons (Fsp3) is 0.824. The number of halogens is 3. The molecule has 0 radical (unpaired) electrons. The van der Waals surface area contributed by atoms with Crippen molar-refractivity contribution in [2.24, 2.45) is 0 Å². The normalized spacial score (nSPS) is 23.4. The zero-order valence-corrected chi connectivity index (χ0v) is 19.8. The van der Waals surface area contributed by atoms with E-state index in [0.717, 1.165) is 0 Å². The maximum atomic E-state index is 12.2. The highest BCUT2D eigenvalue weighted by Gasteiger charge is 2.47. The lowest BCUT2D eigenvalue weighted by molar-refractivity contribution is -0.151. The summed E-state index contributed by atoms with van der Waals surface area (Å²) in [5.41, 5.74) is 0. The number of carbonyl (C=O) groups excluding carboxylic acids is 1. The Bertz CT molecular complexity index is 529. The molecule has 0 aliphatic carbocycles. The van der Waals surface area contributed by atoms with E-state index < -0.39 is 42.1 Å². The van der Waals surface area contributed by atoms with E-state index in [1.54, 1.807) is 6.08 Å². The number of carbonyl (C=O) groups is 1. The van der Waals surface area contributed by atoms with Gasteiger partial charge in [-0.25, -0.2) is 0 Å². The van der Waals surface area contributed by atoms with Gasteiger partial charge < -0.3 is 19.2 Å². The van der Waals surface area contributed by atoms with E-state index in [4.69, 9.17) is 48.7 Å². The van der Waals surface area contributed by atoms with E-state index in [9.17, 15) is 4.79 Å². The van der Waals surface area contributed by atoms with Crippen molar-refractivity contribution in [3.8, 4) is 0 Å². The summed E-state index contributed by atoms with van der Waals surface area (Å²) < 4.78 is 16.2. The lowest BCUT2D eigenvalue weighted by atomic mass is 10.1. The topological polar surface area (TPSA) is 56.8 Å². The Balaban J connectivity index is 3.13. The molecule has 1 saturated heterocycles. The van der Waals surface area contributed by atoms with E-state index in [-0.39, 0.29) is 5.04 Å². The van der Waals surface area contributed by atoms with Crippen molar-refractivity contribution in [1.82, 2.24) is 5.32 Å². The van der Waals surface area contributed by atoms with Crippen LogP contribution in [0.2, 0.25) is 18.1 Å². The fourth-order valence-corrected chi connectivity index (χ4v) is 3.78. The highest BCUT2D eigenvalue weighted by atomic mass is 35.6. The summed E-state index contributed by atoms with van der Waals surface area (Å²) in [5, 5.41) is 2.66. The standard InChI is InChI=1S/C17H30Cl3NO4Si/c1-9-11(21-14(22)17(18,19)20)13(12-10-23-16(5,6)24-12)25-26(7,8)15(2,3)4/h9,11-13H,1,10H2,2-8H3,(H,21,22)/t11-,12-,13-/m0/s1. The van der Waals surface area contributed by atoms with Gasteiger partial charge in [-0.1, -0.05) is 61.7 Å². The van der Waals surface area contributed by atoms with Crippen LogP contribution in [0.1, 0.15) is 34.6 Å². The Morgan fingerprint density at radius 1 is 1.35 bits per heavy atom. The van der Waals surface area contributed by atoms with Crippen LogP contribution in [0.3, 0.4) is 0 Å². The highest BCUT2D eigenvalue weighted by Crippen LogP contribution is 2.39. The molecule has 0 bridgehead atoms. The maximum absolute atomic E-state index is 12.2. The van der Waals surface area contributed by atoms with Gasteiger partial charge in [0.2, 0.25) is 0 Å². The van der Waals surface area contributed by atoms with Crippen LogP contribution in [0.25, 0.3) is 0 Å². The van der Waals surface area contributed by atoms with Gasteiger partial charge in [-0.2, -0.15) is 0 Å². The predicted octanol–water partition coefficient (Wildman–Crippen LogP) is 4.57. The molecule has 152 valence electrons. The molecule has 1 aliphatic heterocycles. The highest BCUT2D eigenvalue weighted by molar-refractivity contribution is 6.76. The van der Waals surface area contributed by atoms with E-state index in [2.05, 4.69) is 45.8 Å². The Morgan fingerprint density at radius 3 is 2.23 bits per heavy atom. The van der Waals surface area contributed by atoms with Crippen LogP contribution in [-0.4, -0.2) is 48.7 Å². The molecule has 0 aromatic heterocycles. The second kappa shape index (κ2) is 8.27. The average Bonchev–Trinajstić information content (AvgIpc) is 2.80. The molecule has 1 N–H and O–H groups in total. The zero-order chi connectivity index (χ0) is 20.6. The van der Waals surface area contributed by atoms with Crippen molar-refractivity contribution in [3.05, 3.63) is 12.7 Å². The molecule has 1 fully saturated rings. The zero-order valence-electron chi connectivity index (χ0n) is 16.5. The quantitative estimate of drug-likeness (QED) is 0.369. The minimum atomic E-state index is -2.19. The molecule has 0 aromatic carbocycles. The van der Waals surface area contributed by atoms with E-state index >= 15 is 0 Å². The summed E-state index contributed by atoms with van der Waals surface area (Å²) in [6.45, 7) is 18.5. The van der Waals surface area contributed by atoms with Crippen LogP contribution < -0.4 is 5.32 Å². The van der Waals surface area contributed by atoms with Crippen LogP contribution >= 0.6 is 34.8 Å². The first kappa shape index (κ1) is 24.2. The lowest BCUT2D eigenvalue weighted by Gasteiger charge is -2.42. The Hall–Kier alpha value is 0.177. The Morgan fingerprint density at radius 2 is 1.88 bits per heavy atom. The van der Waals surface area contributed by atoms with Crippen LogP contribution in [0.4, 0.5) is 0 Å². The predicted molar refractivity (Wildman–Crippen MR) is 109 cm³/mol. The third-order valence-electron chi connectivity index (χ3n) is 4.80. The third kappa shape index (κ3) is 6.36. The molecule has 3 atom stereocenters. The summed E-state index contributed by atoms with van der Waals surface area (Å²) in [6.07, 6.45) is 0.658.